The number of hydrogen-bond acceptors (Lipinski definition) is 3. The fraction of sp³-hybridized carbons (Fsp3) is 0.438. The third-order valence-corrected chi connectivity index (χ3v) is 4.26. The number of piperidine rings is 1. The normalized spacial score (nSPS) is 19.5. The Morgan fingerprint density at radius 2 is 2.25 bits per heavy atom. The van der Waals surface area contributed by atoms with Gasteiger partial charge in [0, 0.05) is 31.5 Å². The van der Waals surface area contributed by atoms with E-state index in [0.717, 1.165) is 48.2 Å². The van der Waals surface area contributed by atoms with Gasteiger partial charge in [0.25, 0.3) is 0 Å². The minimum absolute atomic E-state index is 0.302. The van der Waals surface area contributed by atoms with Crippen molar-refractivity contribution in [3.63, 3.8) is 0 Å². The molecule has 0 spiro atoms. The minimum Gasteiger partial charge on any atom is -0.380 e. The lowest BCUT2D eigenvalue weighted by atomic mass is 10.1. The maximum absolute atomic E-state index is 6.10. The van der Waals surface area contributed by atoms with Crippen molar-refractivity contribution in [3.05, 3.63) is 35.9 Å². The van der Waals surface area contributed by atoms with Crippen molar-refractivity contribution in [3.8, 4) is 0 Å². The lowest BCUT2D eigenvalue weighted by Crippen LogP contribution is -2.39. The number of rotatable bonds is 3. The number of methoxy groups -OCH3 is 1. The average Bonchev–Trinajstić information content (AvgIpc) is 2.53. The molecule has 2 heterocycles. The summed E-state index contributed by atoms with van der Waals surface area (Å²) in [5.74, 6) is 1.53. The number of fused-ring (bicyclic) bond motifs is 1. The Balaban J connectivity index is 1.99. The van der Waals surface area contributed by atoms with E-state index in [-0.39, 0.29) is 0 Å². The van der Waals surface area contributed by atoms with E-state index in [1.807, 2.05) is 18.2 Å². The Morgan fingerprint density at radius 1 is 1.40 bits per heavy atom. The van der Waals surface area contributed by atoms with Crippen LogP contribution in [0.1, 0.15) is 18.4 Å². The van der Waals surface area contributed by atoms with Crippen LogP contribution in [0.25, 0.3) is 10.9 Å². The maximum atomic E-state index is 6.10. The van der Waals surface area contributed by atoms with Crippen LogP contribution >= 0.6 is 11.6 Å². The molecule has 1 unspecified atom stereocenters. The molecule has 0 bridgehead atoms. The first-order valence-corrected chi connectivity index (χ1v) is 7.57. The summed E-state index contributed by atoms with van der Waals surface area (Å²) in [6, 6.07) is 10.3. The SMILES string of the molecule is COC1CCCN(c2cc(CCl)c3ccccc3n2)C1. The first-order valence-electron chi connectivity index (χ1n) is 7.04. The van der Waals surface area contributed by atoms with E-state index in [1.165, 1.54) is 0 Å². The van der Waals surface area contributed by atoms with Crippen molar-refractivity contribution < 1.29 is 4.74 Å². The second-order valence-electron chi connectivity index (χ2n) is 5.24. The molecule has 1 aliphatic heterocycles. The van der Waals surface area contributed by atoms with Crippen LogP contribution < -0.4 is 4.90 Å². The van der Waals surface area contributed by atoms with Gasteiger partial charge in [-0.05, 0) is 30.5 Å². The number of para-hydroxylation sites is 1. The van der Waals surface area contributed by atoms with Gasteiger partial charge < -0.3 is 9.64 Å². The first kappa shape index (κ1) is 13.7. The quantitative estimate of drug-likeness (QED) is 0.808. The molecule has 1 aromatic carbocycles. The molecule has 1 saturated heterocycles. The van der Waals surface area contributed by atoms with Crippen LogP contribution in [0.4, 0.5) is 5.82 Å². The molecular weight excluding hydrogens is 272 g/mol. The fourth-order valence-corrected chi connectivity index (χ4v) is 3.06. The zero-order valence-corrected chi connectivity index (χ0v) is 12.4. The number of alkyl halides is 1. The van der Waals surface area contributed by atoms with Gasteiger partial charge in [-0.25, -0.2) is 4.98 Å². The third-order valence-electron chi connectivity index (χ3n) is 3.97. The number of hydrogen-bond donors (Lipinski definition) is 0. The predicted molar refractivity (Wildman–Crippen MR) is 83.5 cm³/mol. The summed E-state index contributed by atoms with van der Waals surface area (Å²) < 4.78 is 5.49. The van der Waals surface area contributed by atoms with Crippen molar-refractivity contribution in [1.29, 1.82) is 0 Å². The Hall–Kier alpha value is -1.32. The minimum atomic E-state index is 0.302. The van der Waals surface area contributed by atoms with Crippen LogP contribution in [0.15, 0.2) is 30.3 Å². The van der Waals surface area contributed by atoms with Crippen LogP contribution in [-0.2, 0) is 10.6 Å². The van der Waals surface area contributed by atoms with Crippen LogP contribution in [0.2, 0.25) is 0 Å². The Kier molecular flexibility index (Phi) is 4.08. The number of ether oxygens (including phenoxy) is 1. The molecule has 1 aromatic heterocycles. The van der Waals surface area contributed by atoms with Crippen molar-refractivity contribution in [2.45, 2.75) is 24.8 Å². The smallest absolute Gasteiger partial charge is 0.129 e. The van der Waals surface area contributed by atoms with Crippen molar-refractivity contribution in [1.82, 2.24) is 4.98 Å². The molecule has 0 aliphatic carbocycles. The molecule has 4 heteroatoms. The number of anilines is 1. The van der Waals surface area contributed by atoms with E-state index < -0.39 is 0 Å². The monoisotopic (exact) mass is 290 g/mol. The molecule has 2 aromatic rings. The lowest BCUT2D eigenvalue weighted by Gasteiger charge is -2.33. The molecule has 20 heavy (non-hydrogen) atoms. The molecule has 0 radical (unpaired) electrons. The van der Waals surface area contributed by atoms with E-state index in [2.05, 4.69) is 17.0 Å². The van der Waals surface area contributed by atoms with Gasteiger partial charge in [-0.15, -0.1) is 11.6 Å². The second kappa shape index (κ2) is 5.98. The Morgan fingerprint density at radius 3 is 3.05 bits per heavy atom. The zero-order valence-electron chi connectivity index (χ0n) is 11.7. The maximum Gasteiger partial charge on any atom is 0.129 e. The van der Waals surface area contributed by atoms with Gasteiger partial charge >= 0.3 is 0 Å². The summed E-state index contributed by atoms with van der Waals surface area (Å²) in [4.78, 5) is 7.09. The number of aromatic nitrogens is 1. The standard InChI is InChI=1S/C16H19ClN2O/c1-20-13-5-4-8-19(11-13)16-9-12(10-17)14-6-2-3-7-15(14)18-16/h2-3,6-7,9,13H,4-5,8,10-11H2,1H3. The van der Waals surface area contributed by atoms with Gasteiger partial charge in [-0.3, -0.25) is 0 Å². The first-order chi connectivity index (χ1) is 9.81. The summed E-state index contributed by atoms with van der Waals surface area (Å²) in [6.07, 6.45) is 2.57. The highest BCUT2D eigenvalue weighted by atomic mass is 35.5. The highest BCUT2D eigenvalue weighted by Crippen LogP contribution is 2.26. The predicted octanol–water partition coefficient (Wildman–Crippen LogP) is 3.59. The summed E-state index contributed by atoms with van der Waals surface area (Å²) in [6.45, 7) is 1.94. The Bertz CT molecular complexity index is 602. The molecular formula is C16H19ClN2O. The zero-order chi connectivity index (χ0) is 13.9. The molecule has 0 N–H and O–H groups in total. The van der Waals surface area contributed by atoms with E-state index in [1.54, 1.807) is 7.11 Å². The molecule has 3 rings (SSSR count). The summed E-state index contributed by atoms with van der Waals surface area (Å²) in [5.41, 5.74) is 2.16. The molecule has 0 amide bonds. The van der Waals surface area contributed by atoms with Crippen molar-refractivity contribution in [2.75, 3.05) is 25.1 Å². The number of nitrogens with zero attached hydrogens (tertiary/aromatic N) is 2. The van der Waals surface area contributed by atoms with Gasteiger partial charge in [0.15, 0.2) is 0 Å². The van der Waals surface area contributed by atoms with Crippen molar-refractivity contribution >= 4 is 28.3 Å². The topological polar surface area (TPSA) is 25.4 Å². The molecule has 106 valence electrons. The number of pyridine rings is 1. The fourth-order valence-electron chi connectivity index (χ4n) is 2.84. The number of halogens is 1. The lowest BCUT2D eigenvalue weighted by molar-refractivity contribution is 0.0891. The van der Waals surface area contributed by atoms with Crippen molar-refractivity contribution in [2.24, 2.45) is 0 Å². The van der Waals surface area contributed by atoms with Gasteiger partial charge in [0.2, 0.25) is 0 Å². The molecule has 1 aliphatic rings. The third kappa shape index (κ3) is 2.60. The van der Waals surface area contributed by atoms with Crippen LogP contribution in [0.3, 0.4) is 0 Å². The van der Waals surface area contributed by atoms with Gasteiger partial charge in [0.1, 0.15) is 5.82 Å². The van der Waals surface area contributed by atoms with E-state index >= 15 is 0 Å². The average molecular weight is 291 g/mol. The van der Waals surface area contributed by atoms with Gasteiger partial charge in [-0.2, -0.15) is 0 Å². The molecule has 1 fully saturated rings. The van der Waals surface area contributed by atoms with Crippen LogP contribution in [0.5, 0.6) is 0 Å². The molecule has 3 nitrogen and oxygen atoms in total. The summed E-state index contributed by atoms with van der Waals surface area (Å²) in [5, 5.41) is 1.14. The highest BCUT2D eigenvalue weighted by molar-refractivity contribution is 6.18. The van der Waals surface area contributed by atoms with E-state index in [9.17, 15) is 0 Å². The van der Waals surface area contributed by atoms with Crippen LogP contribution in [0, 0.1) is 0 Å². The summed E-state index contributed by atoms with van der Waals surface area (Å²) in [7, 11) is 1.78. The second-order valence-corrected chi connectivity index (χ2v) is 5.50. The number of benzene rings is 1. The molecule has 1 atom stereocenters. The summed E-state index contributed by atoms with van der Waals surface area (Å²) >= 11 is 6.10. The van der Waals surface area contributed by atoms with Crippen LogP contribution in [-0.4, -0.2) is 31.3 Å². The van der Waals surface area contributed by atoms with Gasteiger partial charge in [-0.1, -0.05) is 18.2 Å². The highest BCUT2D eigenvalue weighted by Gasteiger charge is 2.21. The Labute approximate surface area is 124 Å². The van der Waals surface area contributed by atoms with Gasteiger partial charge in [0.05, 0.1) is 11.6 Å². The van der Waals surface area contributed by atoms with E-state index in [0.29, 0.717) is 12.0 Å². The van der Waals surface area contributed by atoms with E-state index in [4.69, 9.17) is 21.3 Å². The molecule has 0 saturated carbocycles. The largest absolute Gasteiger partial charge is 0.380 e.